The molecule has 8 aromatic carbocycles. The van der Waals surface area contributed by atoms with Crippen molar-refractivity contribution in [2.24, 2.45) is 0 Å². The molecule has 2 aliphatic carbocycles. The third kappa shape index (κ3) is 4.43. The van der Waals surface area contributed by atoms with Crippen molar-refractivity contribution >= 4 is 43.6 Å². The van der Waals surface area contributed by atoms with E-state index in [0.717, 1.165) is 0 Å². The number of para-hydroxylation sites is 4. The van der Waals surface area contributed by atoms with Crippen molar-refractivity contribution in [2.45, 2.75) is 31.1 Å². The van der Waals surface area contributed by atoms with E-state index in [9.17, 15) is 0 Å². The van der Waals surface area contributed by atoms with Crippen molar-refractivity contribution in [2.75, 3.05) is 0 Å². The lowest BCUT2D eigenvalue weighted by Crippen LogP contribution is -2.20. The maximum absolute atomic E-state index is 2.55. The molecule has 0 amide bonds. The predicted molar refractivity (Wildman–Crippen MR) is 231 cm³/mol. The first-order valence-corrected chi connectivity index (χ1v) is 19.7. The van der Waals surface area contributed by atoms with Gasteiger partial charge in [-0.1, -0.05) is 134 Å². The van der Waals surface area contributed by atoms with E-state index < -0.39 is 0 Å². The normalized spacial score (nSPS) is 14.4. The quantitative estimate of drug-likeness (QED) is 0.173. The molecule has 1 spiro atoms. The van der Waals surface area contributed by atoms with E-state index in [0.29, 0.717) is 0 Å². The molecule has 0 saturated heterocycles. The SMILES string of the molecule is c1ccc(-n2c3ccccc3c3ccc(-c4cc(-c5ccc6c(c5)C5(CCCC5)c5ccccc5-6)cc(-n5c6ccccc6c6ccccc65)c4)cc32)cc1. The summed E-state index contributed by atoms with van der Waals surface area (Å²) in [4.78, 5) is 0. The molecule has 2 nitrogen and oxygen atoms in total. The van der Waals surface area contributed by atoms with Crippen LogP contribution in [0.5, 0.6) is 0 Å². The number of aromatic nitrogens is 2. The number of fused-ring (bicyclic) bond motifs is 11. The Bertz CT molecular complexity index is 3100. The fourth-order valence-corrected chi connectivity index (χ4v) is 10.4. The topological polar surface area (TPSA) is 9.86 Å². The maximum atomic E-state index is 2.55. The van der Waals surface area contributed by atoms with Crippen molar-refractivity contribution in [3.63, 3.8) is 0 Å². The van der Waals surface area contributed by atoms with Gasteiger partial charge in [0.15, 0.2) is 0 Å². The summed E-state index contributed by atoms with van der Waals surface area (Å²) in [7, 11) is 0. The Kier molecular flexibility index (Phi) is 6.54. The van der Waals surface area contributed by atoms with Gasteiger partial charge in [-0.15, -0.1) is 0 Å². The average molecular weight is 703 g/mol. The molecule has 260 valence electrons. The van der Waals surface area contributed by atoms with Crippen LogP contribution in [-0.4, -0.2) is 9.13 Å². The van der Waals surface area contributed by atoms with Gasteiger partial charge in [-0.05, 0) is 118 Å². The van der Waals surface area contributed by atoms with Crippen molar-refractivity contribution in [3.8, 4) is 44.8 Å². The summed E-state index contributed by atoms with van der Waals surface area (Å²) in [6.07, 6.45) is 5.02. The molecule has 1 fully saturated rings. The second-order valence-corrected chi connectivity index (χ2v) is 15.7. The molecule has 0 aliphatic heterocycles. The molecule has 2 heterocycles. The molecule has 2 aliphatic rings. The number of hydrogen-bond acceptors (Lipinski definition) is 0. The monoisotopic (exact) mass is 702 g/mol. The van der Waals surface area contributed by atoms with E-state index >= 15 is 0 Å². The van der Waals surface area contributed by atoms with Crippen LogP contribution < -0.4 is 0 Å². The van der Waals surface area contributed by atoms with Gasteiger partial charge in [0.05, 0.1) is 22.1 Å². The molecule has 10 aromatic rings. The summed E-state index contributed by atoms with van der Waals surface area (Å²) >= 11 is 0. The van der Waals surface area contributed by atoms with Crippen LogP contribution in [0.1, 0.15) is 36.8 Å². The molecule has 0 unspecified atom stereocenters. The minimum Gasteiger partial charge on any atom is -0.309 e. The summed E-state index contributed by atoms with van der Waals surface area (Å²) in [5, 5.41) is 5.09. The van der Waals surface area contributed by atoms with Gasteiger partial charge in [0.1, 0.15) is 0 Å². The fraction of sp³-hybridized carbons (Fsp3) is 0.0943. The zero-order valence-corrected chi connectivity index (χ0v) is 30.5. The Hall–Kier alpha value is -6.64. The summed E-state index contributed by atoms with van der Waals surface area (Å²) in [5.74, 6) is 0. The molecule has 55 heavy (non-hydrogen) atoms. The van der Waals surface area contributed by atoms with E-state index in [1.165, 1.54) is 125 Å². The van der Waals surface area contributed by atoms with Crippen LogP contribution in [0.2, 0.25) is 0 Å². The molecule has 0 N–H and O–H groups in total. The molecule has 0 bridgehead atoms. The van der Waals surface area contributed by atoms with E-state index in [1.807, 2.05) is 0 Å². The van der Waals surface area contributed by atoms with Gasteiger partial charge in [-0.25, -0.2) is 0 Å². The molecule has 0 atom stereocenters. The lowest BCUT2D eigenvalue weighted by Gasteiger charge is -2.27. The van der Waals surface area contributed by atoms with Gasteiger partial charge < -0.3 is 9.13 Å². The first kappa shape index (κ1) is 30.8. The highest BCUT2D eigenvalue weighted by Gasteiger charge is 2.44. The second-order valence-electron chi connectivity index (χ2n) is 15.7. The fourth-order valence-electron chi connectivity index (χ4n) is 10.4. The molecule has 2 aromatic heterocycles. The average Bonchev–Trinajstić information content (AvgIpc) is 4.02. The lowest BCUT2D eigenvalue weighted by molar-refractivity contribution is 0.550. The molecule has 2 heteroatoms. The van der Waals surface area contributed by atoms with Gasteiger partial charge in [-0.3, -0.25) is 0 Å². The highest BCUT2D eigenvalue weighted by atomic mass is 15.0. The second kappa shape index (κ2) is 11.7. The Morgan fingerprint density at radius 3 is 1.51 bits per heavy atom. The number of nitrogens with zero attached hydrogens (tertiary/aromatic N) is 2. The Morgan fingerprint density at radius 2 is 0.836 bits per heavy atom. The van der Waals surface area contributed by atoms with Gasteiger partial charge in [0, 0.05) is 38.3 Å². The molecular formula is C53H38N2. The van der Waals surface area contributed by atoms with Gasteiger partial charge >= 0.3 is 0 Å². The van der Waals surface area contributed by atoms with Gasteiger partial charge in [0.25, 0.3) is 0 Å². The Labute approximate surface area is 320 Å². The summed E-state index contributed by atoms with van der Waals surface area (Å²) < 4.78 is 4.89. The van der Waals surface area contributed by atoms with Crippen molar-refractivity contribution in [3.05, 3.63) is 193 Å². The van der Waals surface area contributed by atoms with Gasteiger partial charge in [-0.2, -0.15) is 0 Å². The van der Waals surface area contributed by atoms with E-state index in [4.69, 9.17) is 0 Å². The molecule has 1 saturated carbocycles. The molecular weight excluding hydrogens is 665 g/mol. The minimum absolute atomic E-state index is 0.116. The van der Waals surface area contributed by atoms with Crippen molar-refractivity contribution < 1.29 is 0 Å². The standard InChI is InChI=1S/C53H38N2/c1-2-14-39(15-3-1)54-49-21-9-7-19-45(49)46-27-25-36(34-52(46)54)38-30-37(31-40(32-38)55-50-22-10-5-17-43(50)44-18-6-11-23-51(44)55)35-24-26-42-41-16-4-8-20-47(41)53(48(42)33-35)28-12-13-29-53/h1-11,14-27,30-34H,12-13,28-29H2. The maximum Gasteiger partial charge on any atom is 0.0547 e. The molecule has 0 radical (unpaired) electrons. The van der Waals surface area contributed by atoms with E-state index in [2.05, 4.69) is 191 Å². The van der Waals surface area contributed by atoms with Gasteiger partial charge in [0.2, 0.25) is 0 Å². The smallest absolute Gasteiger partial charge is 0.0547 e. The highest BCUT2D eigenvalue weighted by molar-refractivity contribution is 6.11. The molecule has 12 rings (SSSR count). The van der Waals surface area contributed by atoms with Crippen LogP contribution in [0.4, 0.5) is 0 Å². The van der Waals surface area contributed by atoms with Crippen LogP contribution in [0.15, 0.2) is 182 Å². The summed E-state index contributed by atoms with van der Waals surface area (Å²) in [6, 6.07) is 68.1. The van der Waals surface area contributed by atoms with E-state index in [-0.39, 0.29) is 5.41 Å². The lowest BCUT2D eigenvalue weighted by atomic mass is 9.76. The van der Waals surface area contributed by atoms with E-state index in [1.54, 1.807) is 0 Å². The van der Waals surface area contributed by atoms with Crippen LogP contribution in [0.3, 0.4) is 0 Å². The first-order valence-electron chi connectivity index (χ1n) is 19.7. The van der Waals surface area contributed by atoms with Crippen LogP contribution in [0, 0.1) is 0 Å². The number of rotatable bonds is 4. The number of benzene rings is 8. The van der Waals surface area contributed by atoms with Crippen LogP contribution in [0.25, 0.3) is 88.4 Å². The van der Waals surface area contributed by atoms with Crippen LogP contribution >= 0.6 is 0 Å². The van der Waals surface area contributed by atoms with Crippen molar-refractivity contribution in [1.82, 2.24) is 9.13 Å². The zero-order chi connectivity index (χ0) is 36.1. The predicted octanol–water partition coefficient (Wildman–Crippen LogP) is 14.1. The third-order valence-corrected chi connectivity index (χ3v) is 12.8. The van der Waals surface area contributed by atoms with Crippen molar-refractivity contribution in [1.29, 1.82) is 0 Å². The zero-order valence-electron chi connectivity index (χ0n) is 30.5. The summed E-state index contributed by atoms with van der Waals surface area (Å²) in [5.41, 5.74) is 18.2. The Balaban J connectivity index is 1.12. The Morgan fingerprint density at radius 1 is 0.327 bits per heavy atom. The largest absolute Gasteiger partial charge is 0.309 e. The number of hydrogen-bond donors (Lipinski definition) is 0. The highest BCUT2D eigenvalue weighted by Crippen LogP contribution is 2.57. The van der Waals surface area contributed by atoms with Crippen LogP contribution in [-0.2, 0) is 5.41 Å². The first-order chi connectivity index (χ1) is 27.2. The third-order valence-electron chi connectivity index (χ3n) is 12.8. The minimum atomic E-state index is 0.116. The summed E-state index contributed by atoms with van der Waals surface area (Å²) in [6.45, 7) is 0.